The number of hydrogen-bond acceptors (Lipinski definition) is 5. The molecule has 8 heteroatoms. The summed E-state index contributed by atoms with van der Waals surface area (Å²) in [6, 6.07) is 7.31. The molecule has 27 heavy (non-hydrogen) atoms. The molecule has 1 amide bonds. The van der Waals surface area contributed by atoms with Crippen LogP contribution < -0.4 is 9.64 Å². The van der Waals surface area contributed by atoms with Gasteiger partial charge in [-0.2, -0.15) is 4.99 Å². The molecule has 1 saturated carbocycles. The number of hydrogen-bond donors (Lipinski definition) is 0. The third-order valence-electron chi connectivity index (χ3n) is 5.56. The number of fused-ring (bicyclic) bond motifs is 1. The van der Waals surface area contributed by atoms with Crippen LogP contribution >= 0.6 is 11.8 Å². The molecule has 2 atom stereocenters. The molecule has 6 nitrogen and oxygen atoms in total. The molecule has 2 saturated heterocycles. The van der Waals surface area contributed by atoms with Gasteiger partial charge in [0.1, 0.15) is 5.75 Å². The number of ether oxygens (including phenoxy) is 1. The van der Waals surface area contributed by atoms with Gasteiger partial charge in [-0.05, 0) is 25.0 Å². The van der Waals surface area contributed by atoms with E-state index in [-0.39, 0.29) is 34.6 Å². The molecule has 2 heterocycles. The van der Waals surface area contributed by atoms with Gasteiger partial charge in [-0.1, -0.05) is 37.1 Å². The number of rotatable bonds is 3. The van der Waals surface area contributed by atoms with Gasteiger partial charge in [0.2, 0.25) is 0 Å². The predicted octanol–water partition coefficient (Wildman–Crippen LogP) is 2.88. The summed E-state index contributed by atoms with van der Waals surface area (Å²) < 4.78 is 29.6. The molecule has 1 aromatic carbocycles. The summed E-state index contributed by atoms with van der Waals surface area (Å²) in [5, 5.41) is 0.544. The Balaban J connectivity index is 1.67. The summed E-state index contributed by atoms with van der Waals surface area (Å²) in [6.07, 6.45) is 5.16. The SMILES string of the molecule is COc1cccc(N2C(=NC(=O)C3CCCCC3)S[C@@H]3CS(=O)(=O)C[C@H]32)c1. The van der Waals surface area contributed by atoms with E-state index in [4.69, 9.17) is 4.74 Å². The highest BCUT2D eigenvalue weighted by Gasteiger charge is 2.49. The Bertz CT molecular complexity index is 862. The lowest BCUT2D eigenvalue weighted by Crippen LogP contribution is -2.38. The summed E-state index contributed by atoms with van der Waals surface area (Å²) in [4.78, 5) is 19.1. The van der Waals surface area contributed by atoms with Crippen LogP contribution in [0, 0.1) is 5.92 Å². The minimum Gasteiger partial charge on any atom is -0.497 e. The van der Waals surface area contributed by atoms with Gasteiger partial charge >= 0.3 is 0 Å². The smallest absolute Gasteiger partial charge is 0.251 e. The molecule has 1 aromatic rings. The van der Waals surface area contributed by atoms with E-state index in [9.17, 15) is 13.2 Å². The van der Waals surface area contributed by atoms with E-state index in [1.165, 1.54) is 18.2 Å². The zero-order valence-electron chi connectivity index (χ0n) is 15.3. The lowest BCUT2D eigenvalue weighted by Gasteiger charge is -2.25. The van der Waals surface area contributed by atoms with E-state index < -0.39 is 9.84 Å². The fourth-order valence-corrected chi connectivity index (χ4v) is 8.08. The number of anilines is 1. The molecule has 1 aliphatic carbocycles. The first-order chi connectivity index (χ1) is 13.0. The van der Waals surface area contributed by atoms with Crippen molar-refractivity contribution in [3.05, 3.63) is 24.3 Å². The number of carbonyl (C=O) groups is 1. The van der Waals surface area contributed by atoms with Crippen LogP contribution in [0.5, 0.6) is 5.75 Å². The maximum absolute atomic E-state index is 12.7. The molecule has 0 radical (unpaired) electrons. The molecule has 3 aliphatic rings. The minimum atomic E-state index is -3.07. The summed E-state index contributed by atoms with van der Waals surface area (Å²) in [5.41, 5.74) is 0.821. The number of sulfone groups is 1. The fraction of sp³-hybridized carbons (Fsp3) is 0.579. The van der Waals surface area contributed by atoms with Gasteiger partial charge in [-0.15, -0.1) is 0 Å². The van der Waals surface area contributed by atoms with Crippen molar-refractivity contribution in [2.45, 2.75) is 43.4 Å². The van der Waals surface area contributed by atoms with Crippen molar-refractivity contribution in [3.8, 4) is 5.75 Å². The van der Waals surface area contributed by atoms with Crippen LogP contribution in [0.15, 0.2) is 29.3 Å². The van der Waals surface area contributed by atoms with Crippen LogP contribution in [0.3, 0.4) is 0 Å². The van der Waals surface area contributed by atoms with Gasteiger partial charge < -0.3 is 9.64 Å². The predicted molar refractivity (Wildman–Crippen MR) is 108 cm³/mol. The highest BCUT2D eigenvalue weighted by Crippen LogP contribution is 2.42. The largest absolute Gasteiger partial charge is 0.497 e. The highest BCUT2D eigenvalue weighted by molar-refractivity contribution is 8.16. The summed E-state index contributed by atoms with van der Waals surface area (Å²) in [5.74, 6) is 0.869. The van der Waals surface area contributed by atoms with Gasteiger partial charge in [-0.25, -0.2) is 8.42 Å². The first-order valence-electron chi connectivity index (χ1n) is 9.40. The molecule has 3 fully saturated rings. The molecule has 0 aromatic heterocycles. The monoisotopic (exact) mass is 408 g/mol. The molecular weight excluding hydrogens is 384 g/mol. The van der Waals surface area contributed by atoms with Gasteiger partial charge in [0.25, 0.3) is 5.91 Å². The van der Waals surface area contributed by atoms with Crippen LogP contribution in [0.25, 0.3) is 0 Å². The average molecular weight is 409 g/mol. The Morgan fingerprint density at radius 3 is 2.74 bits per heavy atom. The van der Waals surface area contributed by atoms with Crippen molar-refractivity contribution in [1.82, 2.24) is 0 Å². The average Bonchev–Trinajstić information content (AvgIpc) is 3.13. The van der Waals surface area contributed by atoms with Crippen molar-refractivity contribution in [1.29, 1.82) is 0 Å². The number of benzene rings is 1. The molecule has 0 unspecified atom stereocenters. The lowest BCUT2D eigenvalue weighted by molar-refractivity contribution is -0.122. The molecule has 0 bridgehead atoms. The standard InChI is InChI=1S/C19H24N2O4S2/c1-25-15-9-5-8-14(10-15)21-16-11-27(23,24)12-17(16)26-19(21)20-18(22)13-6-3-2-4-7-13/h5,8-10,13,16-17H,2-4,6-7,11-12H2,1H3/t16-,17-/m1/s1. The number of carbonyl (C=O) groups excluding carboxylic acids is 1. The van der Waals surface area contributed by atoms with Crippen molar-refractivity contribution in [2.75, 3.05) is 23.5 Å². The second kappa shape index (κ2) is 7.47. The van der Waals surface area contributed by atoms with E-state index in [0.717, 1.165) is 31.4 Å². The first-order valence-corrected chi connectivity index (χ1v) is 12.1. The molecule has 0 spiro atoms. The minimum absolute atomic E-state index is 0.00295. The second-order valence-corrected chi connectivity index (χ2v) is 10.8. The van der Waals surface area contributed by atoms with Crippen molar-refractivity contribution < 1.29 is 17.9 Å². The third kappa shape index (κ3) is 3.87. The Kier molecular flexibility index (Phi) is 5.20. The van der Waals surface area contributed by atoms with Crippen LogP contribution in [0.4, 0.5) is 5.69 Å². The van der Waals surface area contributed by atoms with Gasteiger partial charge in [0.05, 0.1) is 24.7 Å². The van der Waals surface area contributed by atoms with E-state index in [1.807, 2.05) is 29.2 Å². The third-order valence-corrected chi connectivity index (χ3v) is 8.77. The lowest BCUT2D eigenvalue weighted by atomic mass is 9.89. The summed E-state index contributed by atoms with van der Waals surface area (Å²) in [6.45, 7) is 0. The van der Waals surface area contributed by atoms with Crippen LogP contribution in [-0.4, -0.2) is 49.4 Å². The van der Waals surface area contributed by atoms with Crippen molar-refractivity contribution in [3.63, 3.8) is 0 Å². The van der Waals surface area contributed by atoms with E-state index in [0.29, 0.717) is 10.9 Å². The van der Waals surface area contributed by atoms with Crippen molar-refractivity contribution >= 4 is 38.4 Å². The van der Waals surface area contributed by atoms with Gasteiger partial charge in [0.15, 0.2) is 15.0 Å². The molecule has 0 N–H and O–H groups in total. The number of methoxy groups -OCH3 is 1. The molecule has 4 rings (SSSR count). The van der Waals surface area contributed by atoms with Crippen LogP contribution in [-0.2, 0) is 14.6 Å². The zero-order chi connectivity index (χ0) is 19.0. The van der Waals surface area contributed by atoms with E-state index in [1.54, 1.807) is 7.11 Å². The van der Waals surface area contributed by atoms with Gasteiger partial charge in [-0.3, -0.25) is 4.79 Å². The highest BCUT2D eigenvalue weighted by atomic mass is 32.2. The van der Waals surface area contributed by atoms with Crippen LogP contribution in [0.1, 0.15) is 32.1 Å². The van der Waals surface area contributed by atoms with Gasteiger partial charge in [0, 0.05) is 22.9 Å². The summed E-state index contributed by atoms with van der Waals surface area (Å²) >= 11 is 1.43. The number of aliphatic imine (C=N–C) groups is 1. The second-order valence-electron chi connectivity index (χ2n) is 7.44. The number of nitrogens with zero attached hydrogens (tertiary/aromatic N) is 2. The maximum Gasteiger partial charge on any atom is 0.251 e. The Morgan fingerprint density at radius 2 is 2.00 bits per heavy atom. The topological polar surface area (TPSA) is 76.0 Å². The maximum atomic E-state index is 12.7. The Labute approximate surface area is 164 Å². The number of amides is 1. The van der Waals surface area contributed by atoms with E-state index in [2.05, 4.69) is 4.99 Å². The Morgan fingerprint density at radius 1 is 1.22 bits per heavy atom. The Hall–Kier alpha value is -1.54. The normalized spacial score (nSPS) is 29.1. The summed E-state index contributed by atoms with van der Waals surface area (Å²) in [7, 11) is -1.47. The first kappa shape index (κ1) is 18.8. The fourth-order valence-electron chi connectivity index (χ4n) is 4.16. The zero-order valence-corrected chi connectivity index (χ0v) is 17.0. The molecule has 146 valence electrons. The van der Waals surface area contributed by atoms with Crippen LogP contribution in [0.2, 0.25) is 0 Å². The quantitative estimate of drug-likeness (QED) is 0.765. The number of thioether (sulfide) groups is 1. The van der Waals surface area contributed by atoms with Crippen molar-refractivity contribution in [2.24, 2.45) is 10.9 Å². The molecular formula is C19H24N2O4S2. The molecule has 2 aliphatic heterocycles. The van der Waals surface area contributed by atoms with E-state index >= 15 is 0 Å². The number of amidine groups is 1.